The number of hydrogen-bond donors (Lipinski definition) is 1. The van der Waals surface area contributed by atoms with Gasteiger partial charge in [0, 0.05) is 13.6 Å². The maximum Gasteiger partial charge on any atom is 0.327 e. The van der Waals surface area contributed by atoms with Crippen molar-refractivity contribution in [2.75, 3.05) is 20.1 Å². The number of carbonyl (C=O) groups is 2. The van der Waals surface area contributed by atoms with E-state index < -0.39 is 0 Å². The van der Waals surface area contributed by atoms with E-state index in [4.69, 9.17) is 5.73 Å². The van der Waals surface area contributed by atoms with Gasteiger partial charge in [-0.3, -0.25) is 9.69 Å². The summed E-state index contributed by atoms with van der Waals surface area (Å²) in [6.45, 7) is 0.582. The molecular weight excluding hydrogens is 194 g/mol. The van der Waals surface area contributed by atoms with E-state index in [1.165, 1.54) is 9.80 Å². The highest BCUT2D eigenvalue weighted by Gasteiger charge is 2.48. The number of imide groups is 1. The minimum atomic E-state index is -0.390. The van der Waals surface area contributed by atoms with Crippen LogP contribution >= 0.6 is 0 Å². The van der Waals surface area contributed by atoms with Gasteiger partial charge < -0.3 is 10.6 Å². The maximum absolute atomic E-state index is 11.8. The lowest BCUT2D eigenvalue weighted by Crippen LogP contribution is -2.55. The van der Waals surface area contributed by atoms with E-state index in [1.807, 2.05) is 0 Å². The molecule has 0 spiro atoms. The molecule has 2 aliphatic rings. The van der Waals surface area contributed by atoms with Gasteiger partial charge in [0.2, 0.25) is 0 Å². The van der Waals surface area contributed by atoms with Crippen LogP contribution in [0.5, 0.6) is 0 Å². The molecular formula is C10H17N3O2. The summed E-state index contributed by atoms with van der Waals surface area (Å²) in [5.74, 6) is -0.102. The van der Waals surface area contributed by atoms with Gasteiger partial charge in [0.15, 0.2) is 0 Å². The summed E-state index contributed by atoms with van der Waals surface area (Å²) in [5, 5.41) is 0. The van der Waals surface area contributed by atoms with Crippen LogP contribution < -0.4 is 5.73 Å². The van der Waals surface area contributed by atoms with Crippen LogP contribution in [0, 0.1) is 0 Å². The first-order chi connectivity index (χ1) is 7.10. The van der Waals surface area contributed by atoms with E-state index >= 15 is 0 Å². The van der Waals surface area contributed by atoms with Crippen molar-refractivity contribution in [3.63, 3.8) is 0 Å². The minimum absolute atomic E-state index is 0.102. The second-order valence-corrected chi connectivity index (χ2v) is 4.50. The standard InChI is InChI=1S/C10H17N3O2/c1-12-6-8(14)13(9(12)15)10(7-11)4-2-3-5-10/h2-7,11H2,1H3. The van der Waals surface area contributed by atoms with Gasteiger partial charge in [-0.2, -0.15) is 0 Å². The number of rotatable bonds is 2. The molecule has 0 aromatic rings. The topological polar surface area (TPSA) is 66.6 Å². The van der Waals surface area contributed by atoms with Gasteiger partial charge in [-0.25, -0.2) is 4.79 Å². The molecule has 5 nitrogen and oxygen atoms in total. The summed E-state index contributed by atoms with van der Waals surface area (Å²) in [6.07, 6.45) is 3.82. The first kappa shape index (κ1) is 10.4. The van der Waals surface area contributed by atoms with Crippen LogP contribution in [0.1, 0.15) is 25.7 Å². The summed E-state index contributed by atoms with van der Waals surface area (Å²) < 4.78 is 0. The number of likely N-dealkylation sites (N-methyl/N-ethyl adjacent to an activating group) is 1. The molecule has 5 heteroatoms. The van der Waals surface area contributed by atoms with Crippen LogP contribution in [0.25, 0.3) is 0 Å². The molecule has 1 heterocycles. The summed E-state index contributed by atoms with van der Waals surface area (Å²) in [7, 11) is 1.65. The molecule has 84 valence electrons. The summed E-state index contributed by atoms with van der Waals surface area (Å²) in [5.41, 5.74) is 5.36. The molecule has 2 N–H and O–H groups in total. The molecule has 0 aromatic heterocycles. The van der Waals surface area contributed by atoms with Crippen LogP contribution in [0.3, 0.4) is 0 Å². The second-order valence-electron chi connectivity index (χ2n) is 4.50. The maximum atomic E-state index is 11.8. The zero-order valence-electron chi connectivity index (χ0n) is 9.03. The number of amides is 3. The predicted octanol–water partition coefficient (Wildman–Crippen LogP) is 0.152. The monoisotopic (exact) mass is 211 g/mol. The molecule has 0 bridgehead atoms. The fourth-order valence-corrected chi connectivity index (χ4v) is 2.64. The Balaban J connectivity index is 2.28. The summed E-state index contributed by atoms with van der Waals surface area (Å²) >= 11 is 0. The first-order valence-electron chi connectivity index (χ1n) is 5.39. The van der Waals surface area contributed by atoms with Crippen molar-refractivity contribution >= 4 is 11.9 Å². The van der Waals surface area contributed by atoms with Gasteiger partial charge in [-0.15, -0.1) is 0 Å². The minimum Gasteiger partial charge on any atom is -0.328 e. The van der Waals surface area contributed by atoms with Crippen molar-refractivity contribution in [3.05, 3.63) is 0 Å². The lowest BCUT2D eigenvalue weighted by molar-refractivity contribution is -0.129. The Morgan fingerprint density at radius 1 is 1.33 bits per heavy atom. The highest BCUT2D eigenvalue weighted by atomic mass is 16.2. The van der Waals surface area contributed by atoms with Gasteiger partial charge >= 0.3 is 6.03 Å². The number of carbonyl (C=O) groups excluding carboxylic acids is 2. The quantitative estimate of drug-likeness (QED) is 0.661. The van der Waals surface area contributed by atoms with Crippen molar-refractivity contribution in [1.82, 2.24) is 9.80 Å². The van der Waals surface area contributed by atoms with Crippen molar-refractivity contribution in [3.8, 4) is 0 Å². The van der Waals surface area contributed by atoms with Gasteiger partial charge in [-0.1, -0.05) is 12.8 Å². The van der Waals surface area contributed by atoms with E-state index in [-0.39, 0.29) is 24.0 Å². The molecule has 0 radical (unpaired) electrons. The van der Waals surface area contributed by atoms with Crippen LogP contribution in [0.15, 0.2) is 0 Å². The van der Waals surface area contributed by atoms with E-state index in [2.05, 4.69) is 0 Å². The van der Waals surface area contributed by atoms with Crippen LogP contribution in [0.4, 0.5) is 4.79 Å². The molecule has 2 fully saturated rings. The second kappa shape index (κ2) is 3.48. The molecule has 1 saturated heterocycles. The molecule has 0 atom stereocenters. The normalized spacial score (nSPS) is 25.5. The van der Waals surface area contributed by atoms with Crippen molar-refractivity contribution < 1.29 is 9.59 Å². The van der Waals surface area contributed by atoms with Crippen molar-refractivity contribution in [2.45, 2.75) is 31.2 Å². The summed E-state index contributed by atoms with van der Waals surface area (Å²) in [6, 6.07) is -0.188. The largest absolute Gasteiger partial charge is 0.328 e. The average Bonchev–Trinajstić information content (AvgIpc) is 2.75. The van der Waals surface area contributed by atoms with Gasteiger partial charge in [-0.05, 0) is 12.8 Å². The Bertz CT molecular complexity index is 297. The van der Waals surface area contributed by atoms with Gasteiger partial charge in [0.05, 0.1) is 5.54 Å². The average molecular weight is 211 g/mol. The number of urea groups is 1. The number of nitrogens with zero attached hydrogens (tertiary/aromatic N) is 2. The summed E-state index contributed by atoms with van der Waals surface area (Å²) in [4.78, 5) is 26.5. The Hall–Kier alpha value is -1.10. The number of hydrogen-bond acceptors (Lipinski definition) is 3. The number of nitrogens with two attached hydrogens (primary N) is 1. The van der Waals surface area contributed by atoms with Crippen molar-refractivity contribution in [1.29, 1.82) is 0 Å². The fraction of sp³-hybridized carbons (Fsp3) is 0.800. The third kappa shape index (κ3) is 1.42. The van der Waals surface area contributed by atoms with Gasteiger partial charge in [0.1, 0.15) is 6.54 Å². The Labute approximate surface area is 89.2 Å². The first-order valence-corrected chi connectivity index (χ1v) is 5.39. The van der Waals surface area contributed by atoms with Gasteiger partial charge in [0.25, 0.3) is 5.91 Å². The SMILES string of the molecule is CN1CC(=O)N(C2(CN)CCCC2)C1=O. The predicted molar refractivity (Wildman–Crippen MR) is 55.1 cm³/mol. The van der Waals surface area contributed by atoms with E-state index in [9.17, 15) is 9.59 Å². The lowest BCUT2D eigenvalue weighted by atomic mass is 9.95. The smallest absolute Gasteiger partial charge is 0.327 e. The zero-order valence-corrected chi connectivity index (χ0v) is 9.03. The van der Waals surface area contributed by atoms with Crippen LogP contribution in [-0.4, -0.2) is 47.4 Å². The Morgan fingerprint density at radius 2 is 1.93 bits per heavy atom. The molecule has 1 saturated carbocycles. The molecule has 1 aliphatic carbocycles. The molecule has 1 aliphatic heterocycles. The molecule has 0 unspecified atom stereocenters. The molecule has 2 rings (SSSR count). The molecule has 3 amide bonds. The Kier molecular flexibility index (Phi) is 2.42. The zero-order chi connectivity index (χ0) is 11.1. The van der Waals surface area contributed by atoms with Crippen molar-refractivity contribution in [2.24, 2.45) is 5.73 Å². The third-order valence-electron chi connectivity index (χ3n) is 3.53. The van der Waals surface area contributed by atoms with Crippen LogP contribution in [-0.2, 0) is 4.79 Å². The Morgan fingerprint density at radius 3 is 2.33 bits per heavy atom. The van der Waals surface area contributed by atoms with E-state index in [0.717, 1.165) is 25.7 Å². The van der Waals surface area contributed by atoms with E-state index in [1.54, 1.807) is 7.05 Å². The third-order valence-corrected chi connectivity index (χ3v) is 3.53. The van der Waals surface area contributed by atoms with E-state index in [0.29, 0.717) is 6.54 Å². The molecule has 0 aromatic carbocycles. The van der Waals surface area contributed by atoms with Crippen LogP contribution in [0.2, 0.25) is 0 Å². The lowest BCUT2D eigenvalue weighted by Gasteiger charge is -2.35. The highest BCUT2D eigenvalue weighted by Crippen LogP contribution is 2.36. The molecule has 15 heavy (non-hydrogen) atoms. The fourth-order valence-electron chi connectivity index (χ4n) is 2.64. The highest BCUT2D eigenvalue weighted by molar-refractivity contribution is 6.02.